The monoisotopic (exact) mass is 473 g/mol. The van der Waals surface area contributed by atoms with Gasteiger partial charge in [-0.25, -0.2) is 17.5 Å². The Labute approximate surface area is 183 Å². The lowest BCUT2D eigenvalue weighted by atomic mass is 10.00. The van der Waals surface area contributed by atoms with Crippen molar-refractivity contribution in [2.75, 3.05) is 32.7 Å². The van der Waals surface area contributed by atoms with Crippen LogP contribution in [-0.2, 0) is 10.0 Å². The van der Waals surface area contributed by atoms with E-state index in [-0.39, 0.29) is 4.90 Å². The van der Waals surface area contributed by atoms with Gasteiger partial charge < -0.3 is 4.74 Å². The Morgan fingerprint density at radius 1 is 1.03 bits per heavy atom. The lowest BCUT2D eigenvalue weighted by Gasteiger charge is -2.49. The number of ether oxygens (including phenoxy) is 1. The van der Waals surface area contributed by atoms with Crippen molar-refractivity contribution in [2.45, 2.75) is 29.8 Å². The Kier molecular flexibility index (Phi) is 6.44. The van der Waals surface area contributed by atoms with E-state index in [0.29, 0.717) is 18.2 Å². The van der Waals surface area contributed by atoms with Crippen LogP contribution in [0.5, 0.6) is 5.75 Å². The summed E-state index contributed by atoms with van der Waals surface area (Å²) in [6.45, 7) is 4.21. The van der Waals surface area contributed by atoms with Crippen LogP contribution in [0.3, 0.4) is 0 Å². The summed E-state index contributed by atoms with van der Waals surface area (Å²) in [5.74, 6) is -0.943. The molecule has 32 heavy (non-hydrogen) atoms. The van der Waals surface area contributed by atoms with Gasteiger partial charge in [0.05, 0.1) is 10.9 Å². The second-order valence-corrected chi connectivity index (χ2v) is 9.72. The molecule has 2 heterocycles. The second-order valence-electron chi connectivity index (χ2n) is 8.01. The smallest absolute Gasteiger partial charge is 0.406 e. The molecule has 0 unspecified atom stereocenters. The van der Waals surface area contributed by atoms with Crippen LogP contribution < -0.4 is 9.46 Å². The average Bonchev–Trinajstić information content (AvgIpc) is 2.63. The highest BCUT2D eigenvalue weighted by atomic mass is 32.2. The minimum Gasteiger partial charge on any atom is -0.406 e. The first-order valence-corrected chi connectivity index (χ1v) is 11.7. The van der Waals surface area contributed by atoms with E-state index in [1.807, 2.05) is 0 Å². The molecule has 2 fully saturated rings. The maximum Gasteiger partial charge on any atom is 0.573 e. The summed E-state index contributed by atoms with van der Waals surface area (Å²) in [6, 6.07) is 9.38. The third-order valence-electron chi connectivity index (χ3n) is 5.72. The Morgan fingerprint density at radius 2 is 1.66 bits per heavy atom. The molecule has 0 radical (unpaired) electrons. The maximum absolute atomic E-state index is 13.4. The van der Waals surface area contributed by atoms with Crippen molar-refractivity contribution in [3.8, 4) is 5.75 Å². The number of nitrogens with zero attached hydrogens (tertiary/aromatic N) is 2. The number of rotatable bonds is 8. The minimum absolute atomic E-state index is 0.193. The zero-order chi connectivity index (χ0) is 22.9. The summed E-state index contributed by atoms with van der Waals surface area (Å²) in [5.41, 5.74) is 0.597. The fourth-order valence-electron chi connectivity index (χ4n) is 3.87. The van der Waals surface area contributed by atoms with E-state index in [0.717, 1.165) is 50.4 Å². The Balaban J connectivity index is 1.47. The molecule has 0 bridgehead atoms. The van der Waals surface area contributed by atoms with Gasteiger partial charge in [0.15, 0.2) is 0 Å². The molecule has 2 aliphatic rings. The first-order chi connectivity index (χ1) is 15.1. The normalized spacial score (nSPS) is 19.2. The van der Waals surface area contributed by atoms with Gasteiger partial charge in [0.1, 0.15) is 11.6 Å². The van der Waals surface area contributed by atoms with Crippen LogP contribution in [0.25, 0.3) is 0 Å². The minimum atomic E-state index is -4.86. The fraction of sp³-hybridized carbons (Fsp3) is 0.429. The van der Waals surface area contributed by atoms with Crippen molar-refractivity contribution in [3.63, 3.8) is 0 Å². The van der Waals surface area contributed by atoms with Crippen molar-refractivity contribution >= 4 is 10.0 Å². The SMILES string of the molecule is O=S(=O)(N[C@@H](CN1CC(N2CCC2)C1)c1ccc(F)cc1)c1ccc(OC(F)(F)F)cc1. The highest BCUT2D eigenvalue weighted by molar-refractivity contribution is 7.89. The van der Waals surface area contributed by atoms with Crippen LogP contribution in [-0.4, -0.2) is 63.3 Å². The fourth-order valence-corrected chi connectivity index (χ4v) is 5.08. The number of sulfonamides is 1. The van der Waals surface area contributed by atoms with Gasteiger partial charge in [0, 0.05) is 25.7 Å². The summed E-state index contributed by atoms with van der Waals surface area (Å²) >= 11 is 0. The molecule has 2 saturated heterocycles. The summed E-state index contributed by atoms with van der Waals surface area (Å²) in [7, 11) is -4.05. The lowest BCUT2D eigenvalue weighted by Crippen LogP contribution is -2.63. The molecule has 0 saturated carbocycles. The van der Waals surface area contributed by atoms with E-state index < -0.39 is 34.0 Å². The van der Waals surface area contributed by atoms with E-state index in [2.05, 4.69) is 19.3 Å². The van der Waals surface area contributed by atoms with Crippen molar-refractivity contribution < 1.29 is 30.7 Å². The van der Waals surface area contributed by atoms with Crippen LogP contribution in [0.4, 0.5) is 17.6 Å². The highest BCUT2D eigenvalue weighted by Gasteiger charge is 2.36. The standard InChI is InChI=1S/C21H23F4N3O3S/c22-16-4-2-15(3-5-16)20(14-27-12-17(13-27)28-10-1-11-28)26-32(29,30)19-8-6-18(7-9-19)31-21(23,24)25/h2-9,17,20,26H,1,10-14H2/t20-/m0/s1. The van der Waals surface area contributed by atoms with E-state index in [1.165, 1.54) is 30.7 Å². The number of hydrogen-bond acceptors (Lipinski definition) is 5. The van der Waals surface area contributed by atoms with Crippen molar-refractivity contribution in [2.24, 2.45) is 0 Å². The summed E-state index contributed by atoms with van der Waals surface area (Å²) in [4.78, 5) is 4.32. The third kappa shape index (κ3) is 5.58. The van der Waals surface area contributed by atoms with Crippen LogP contribution in [0.15, 0.2) is 53.4 Å². The quantitative estimate of drug-likeness (QED) is 0.597. The number of nitrogens with one attached hydrogen (secondary N) is 1. The predicted octanol–water partition coefficient (Wildman–Crippen LogP) is 3.13. The molecule has 1 atom stereocenters. The third-order valence-corrected chi connectivity index (χ3v) is 7.21. The molecule has 1 N–H and O–H groups in total. The molecule has 6 nitrogen and oxygen atoms in total. The van der Waals surface area contributed by atoms with E-state index in [1.54, 1.807) is 0 Å². The molecule has 0 aromatic heterocycles. The average molecular weight is 473 g/mol. The highest BCUT2D eigenvalue weighted by Crippen LogP contribution is 2.27. The largest absolute Gasteiger partial charge is 0.573 e. The number of likely N-dealkylation sites (tertiary alicyclic amines) is 2. The molecule has 4 rings (SSSR count). The van der Waals surface area contributed by atoms with Gasteiger partial charge in [-0.15, -0.1) is 13.2 Å². The van der Waals surface area contributed by atoms with E-state index in [4.69, 9.17) is 0 Å². The molecular formula is C21H23F4N3O3S. The van der Waals surface area contributed by atoms with Crippen LogP contribution >= 0.6 is 0 Å². The molecular weight excluding hydrogens is 450 g/mol. The Hall–Kier alpha value is -2.21. The van der Waals surface area contributed by atoms with E-state index >= 15 is 0 Å². The van der Waals surface area contributed by atoms with Gasteiger partial charge in [0.2, 0.25) is 10.0 Å². The van der Waals surface area contributed by atoms with Crippen LogP contribution in [0.2, 0.25) is 0 Å². The summed E-state index contributed by atoms with van der Waals surface area (Å²) in [5, 5.41) is 0. The molecule has 2 aliphatic heterocycles. The molecule has 2 aromatic carbocycles. The topological polar surface area (TPSA) is 61.9 Å². The predicted molar refractivity (Wildman–Crippen MR) is 109 cm³/mol. The first kappa shape index (κ1) is 23.0. The summed E-state index contributed by atoms with van der Waals surface area (Å²) < 4.78 is 82.7. The maximum atomic E-state index is 13.4. The Morgan fingerprint density at radius 3 is 2.19 bits per heavy atom. The molecule has 0 amide bonds. The Bertz CT molecular complexity index is 1020. The van der Waals surface area contributed by atoms with Crippen LogP contribution in [0.1, 0.15) is 18.0 Å². The number of hydrogen-bond donors (Lipinski definition) is 1. The molecule has 2 aromatic rings. The number of halogens is 4. The second kappa shape index (κ2) is 8.97. The van der Waals surface area contributed by atoms with Crippen LogP contribution in [0, 0.1) is 5.82 Å². The van der Waals surface area contributed by atoms with Crippen molar-refractivity contribution in [3.05, 3.63) is 59.9 Å². The van der Waals surface area contributed by atoms with Gasteiger partial charge in [0.25, 0.3) is 0 Å². The molecule has 174 valence electrons. The van der Waals surface area contributed by atoms with Gasteiger partial charge in [-0.05, 0) is 61.5 Å². The first-order valence-electron chi connectivity index (χ1n) is 10.2. The van der Waals surface area contributed by atoms with Gasteiger partial charge in [-0.3, -0.25) is 9.80 Å². The number of alkyl halides is 3. The van der Waals surface area contributed by atoms with Crippen molar-refractivity contribution in [1.29, 1.82) is 0 Å². The number of benzene rings is 2. The van der Waals surface area contributed by atoms with Crippen molar-refractivity contribution in [1.82, 2.24) is 14.5 Å². The van der Waals surface area contributed by atoms with Gasteiger partial charge in [-0.2, -0.15) is 0 Å². The van der Waals surface area contributed by atoms with Gasteiger partial charge >= 0.3 is 6.36 Å². The van der Waals surface area contributed by atoms with Gasteiger partial charge in [-0.1, -0.05) is 12.1 Å². The zero-order valence-corrected chi connectivity index (χ0v) is 17.9. The molecule has 0 aliphatic carbocycles. The lowest BCUT2D eigenvalue weighted by molar-refractivity contribution is -0.274. The molecule has 11 heteroatoms. The van der Waals surface area contributed by atoms with E-state index in [9.17, 15) is 26.0 Å². The summed E-state index contributed by atoms with van der Waals surface area (Å²) in [6.07, 6.45) is -3.67. The molecule has 0 spiro atoms. The zero-order valence-electron chi connectivity index (χ0n) is 17.1.